The molecule has 6 nitrogen and oxygen atoms in total. The van der Waals surface area contributed by atoms with Gasteiger partial charge in [0.2, 0.25) is 0 Å². The molecule has 1 saturated carbocycles. The summed E-state index contributed by atoms with van der Waals surface area (Å²) in [6.45, 7) is 6.96. The fourth-order valence-corrected chi connectivity index (χ4v) is 5.25. The fraction of sp³-hybridized carbons (Fsp3) is 0.522. The van der Waals surface area contributed by atoms with E-state index in [1.165, 1.54) is 61.4 Å². The Morgan fingerprint density at radius 1 is 1.07 bits per heavy atom. The minimum Gasteiger partial charge on any atom is -0.343 e. The zero-order valence-electron chi connectivity index (χ0n) is 17.1. The quantitative estimate of drug-likeness (QED) is 0.581. The third-order valence-electron chi connectivity index (χ3n) is 6.63. The van der Waals surface area contributed by atoms with Crippen molar-refractivity contribution >= 4 is 10.9 Å². The largest absolute Gasteiger partial charge is 0.343 e. The summed E-state index contributed by atoms with van der Waals surface area (Å²) in [5.41, 5.74) is 2.57. The lowest BCUT2D eigenvalue weighted by atomic mass is 10.00. The van der Waals surface area contributed by atoms with Crippen LogP contribution < -0.4 is 0 Å². The van der Waals surface area contributed by atoms with Gasteiger partial charge in [0.25, 0.3) is 0 Å². The summed E-state index contributed by atoms with van der Waals surface area (Å²) in [4.78, 5) is 2.60. The molecule has 1 aliphatic heterocycles. The zero-order chi connectivity index (χ0) is 19.6. The van der Waals surface area contributed by atoms with Crippen molar-refractivity contribution in [3.8, 4) is 0 Å². The van der Waals surface area contributed by atoms with Gasteiger partial charge in [-0.1, -0.05) is 43.5 Å². The molecule has 1 aromatic carbocycles. The van der Waals surface area contributed by atoms with Crippen molar-refractivity contribution in [3.05, 3.63) is 54.5 Å². The van der Waals surface area contributed by atoms with Crippen LogP contribution in [0.4, 0.5) is 0 Å². The number of para-hydroxylation sites is 1. The minimum atomic E-state index is 0.0989. The second kappa shape index (κ2) is 8.11. The lowest BCUT2D eigenvalue weighted by molar-refractivity contribution is 0.176. The van der Waals surface area contributed by atoms with E-state index in [0.717, 1.165) is 25.5 Å². The molecule has 0 bridgehead atoms. The van der Waals surface area contributed by atoms with Gasteiger partial charge in [0.1, 0.15) is 0 Å². The minimum absolute atomic E-state index is 0.0989. The Hall–Kier alpha value is -2.47. The number of tetrazole rings is 1. The molecule has 0 radical (unpaired) electrons. The first-order valence-corrected chi connectivity index (χ1v) is 11.1. The Labute approximate surface area is 172 Å². The summed E-state index contributed by atoms with van der Waals surface area (Å²) < 4.78 is 4.45. The van der Waals surface area contributed by atoms with Gasteiger partial charge in [-0.25, -0.2) is 4.68 Å². The second-order valence-corrected chi connectivity index (χ2v) is 8.46. The van der Waals surface area contributed by atoms with Gasteiger partial charge in [0, 0.05) is 29.2 Å². The number of nitrogens with zero attached hydrogens (tertiary/aromatic N) is 6. The molecule has 1 aliphatic carbocycles. The topological polar surface area (TPSA) is 51.8 Å². The number of allylic oxidation sites excluding steroid dienone is 1. The molecule has 0 N–H and O–H groups in total. The predicted octanol–water partition coefficient (Wildman–Crippen LogP) is 4.50. The number of piperidine rings is 1. The van der Waals surface area contributed by atoms with E-state index in [4.69, 9.17) is 0 Å². The predicted molar refractivity (Wildman–Crippen MR) is 115 cm³/mol. The molecule has 1 atom stereocenters. The Kier molecular flexibility index (Phi) is 5.19. The number of rotatable bonds is 6. The maximum absolute atomic E-state index is 4.61. The summed E-state index contributed by atoms with van der Waals surface area (Å²) in [7, 11) is 0. The summed E-state index contributed by atoms with van der Waals surface area (Å²) in [6, 6.07) is 9.23. The van der Waals surface area contributed by atoms with Gasteiger partial charge in [-0.2, -0.15) is 0 Å². The monoisotopic (exact) mass is 390 g/mol. The van der Waals surface area contributed by atoms with Crippen LogP contribution in [-0.4, -0.2) is 42.8 Å². The van der Waals surface area contributed by atoms with Crippen LogP contribution in [0.3, 0.4) is 0 Å². The van der Waals surface area contributed by atoms with E-state index in [1.807, 2.05) is 6.08 Å². The first-order valence-electron chi connectivity index (χ1n) is 11.1. The summed E-state index contributed by atoms with van der Waals surface area (Å²) in [6.07, 6.45) is 13.0. The van der Waals surface area contributed by atoms with E-state index in [0.29, 0.717) is 6.04 Å². The van der Waals surface area contributed by atoms with Gasteiger partial charge in [-0.3, -0.25) is 4.90 Å². The highest BCUT2D eigenvalue weighted by Gasteiger charge is 2.33. The van der Waals surface area contributed by atoms with Crippen LogP contribution in [0.1, 0.15) is 68.4 Å². The Morgan fingerprint density at radius 3 is 2.66 bits per heavy atom. The molecule has 5 rings (SSSR count). The van der Waals surface area contributed by atoms with E-state index < -0.39 is 0 Å². The van der Waals surface area contributed by atoms with Crippen LogP contribution in [0.15, 0.2) is 43.1 Å². The van der Waals surface area contributed by atoms with Crippen molar-refractivity contribution in [2.24, 2.45) is 0 Å². The maximum atomic E-state index is 4.61. The van der Waals surface area contributed by atoms with Crippen molar-refractivity contribution in [3.63, 3.8) is 0 Å². The van der Waals surface area contributed by atoms with Crippen molar-refractivity contribution in [2.75, 3.05) is 13.1 Å². The first-order chi connectivity index (χ1) is 14.4. The number of aromatic nitrogens is 5. The number of likely N-dealkylation sites (tertiary alicyclic amines) is 1. The molecule has 0 spiro atoms. The van der Waals surface area contributed by atoms with Crippen LogP contribution in [0.2, 0.25) is 0 Å². The van der Waals surface area contributed by atoms with Crippen LogP contribution in [0.25, 0.3) is 10.9 Å². The summed E-state index contributed by atoms with van der Waals surface area (Å²) in [5.74, 6) is 1.01. The third kappa shape index (κ3) is 3.39. The average molecular weight is 391 g/mol. The molecule has 1 saturated heterocycles. The SMILES string of the molecule is C=CCn1cc(C(c2nnnn2C2CCCC2)N2CCCCC2)c2ccccc21. The number of benzene rings is 1. The molecule has 0 amide bonds. The molecule has 6 heteroatoms. The van der Waals surface area contributed by atoms with Crippen LogP contribution in [-0.2, 0) is 6.54 Å². The van der Waals surface area contributed by atoms with Gasteiger partial charge in [0.15, 0.2) is 5.82 Å². The molecule has 29 heavy (non-hydrogen) atoms. The highest BCUT2D eigenvalue weighted by molar-refractivity contribution is 5.85. The van der Waals surface area contributed by atoms with Gasteiger partial charge >= 0.3 is 0 Å². The van der Waals surface area contributed by atoms with E-state index >= 15 is 0 Å². The Bertz CT molecular complexity index is 974. The van der Waals surface area contributed by atoms with E-state index in [2.05, 4.69) is 66.7 Å². The normalized spacial score (nSPS) is 19.7. The number of hydrogen-bond acceptors (Lipinski definition) is 4. The lowest BCUT2D eigenvalue weighted by Gasteiger charge is -2.34. The van der Waals surface area contributed by atoms with E-state index in [9.17, 15) is 0 Å². The van der Waals surface area contributed by atoms with E-state index in [-0.39, 0.29) is 6.04 Å². The smallest absolute Gasteiger partial charge is 0.173 e. The van der Waals surface area contributed by atoms with Gasteiger partial charge in [-0.05, 0) is 55.3 Å². The molecular formula is C23H30N6. The van der Waals surface area contributed by atoms with Crippen molar-refractivity contribution in [2.45, 2.75) is 63.6 Å². The second-order valence-electron chi connectivity index (χ2n) is 8.46. The molecule has 3 aromatic rings. The fourth-order valence-electron chi connectivity index (χ4n) is 5.25. The first kappa shape index (κ1) is 18.6. The molecule has 3 heterocycles. The highest BCUT2D eigenvalue weighted by Crippen LogP contribution is 2.38. The van der Waals surface area contributed by atoms with Gasteiger partial charge in [-0.15, -0.1) is 11.7 Å². The Morgan fingerprint density at radius 2 is 1.86 bits per heavy atom. The van der Waals surface area contributed by atoms with Crippen LogP contribution in [0.5, 0.6) is 0 Å². The van der Waals surface area contributed by atoms with Crippen LogP contribution in [0, 0.1) is 0 Å². The zero-order valence-corrected chi connectivity index (χ0v) is 17.1. The molecule has 152 valence electrons. The lowest BCUT2D eigenvalue weighted by Crippen LogP contribution is -2.36. The molecular weight excluding hydrogens is 360 g/mol. The molecule has 2 aliphatic rings. The number of hydrogen-bond donors (Lipinski definition) is 0. The van der Waals surface area contributed by atoms with Crippen LogP contribution >= 0.6 is 0 Å². The molecule has 2 fully saturated rings. The molecule has 2 aromatic heterocycles. The third-order valence-corrected chi connectivity index (χ3v) is 6.63. The van der Waals surface area contributed by atoms with Crippen molar-refractivity contribution < 1.29 is 0 Å². The van der Waals surface area contributed by atoms with Crippen molar-refractivity contribution in [1.82, 2.24) is 29.7 Å². The van der Waals surface area contributed by atoms with Gasteiger partial charge in [0.05, 0.1) is 12.1 Å². The molecule has 1 unspecified atom stereocenters. The highest BCUT2D eigenvalue weighted by atomic mass is 15.6. The summed E-state index contributed by atoms with van der Waals surface area (Å²) >= 11 is 0. The van der Waals surface area contributed by atoms with Crippen molar-refractivity contribution in [1.29, 1.82) is 0 Å². The Balaban J connectivity index is 1.65. The average Bonchev–Trinajstić information content (AvgIpc) is 3.51. The maximum Gasteiger partial charge on any atom is 0.173 e. The number of fused-ring (bicyclic) bond motifs is 1. The standard InChI is InChI=1S/C23H30N6/c1-2-14-28-17-20(19-12-6-7-13-21(19)28)22(27-15-8-3-9-16-27)23-24-25-26-29(23)18-10-4-5-11-18/h2,6-7,12-13,17-18,22H,1,3-5,8-11,14-16H2. The van der Waals surface area contributed by atoms with Gasteiger partial charge < -0.3 is 4.57 Å². The summed E-state index contributed by atoms with van der Waals surface area (Å²) in [5, 5.41) is 14.5. The van der Waals surface area contributed by atoms with E-state index in [1.54, 1.807) is 0 Å².